The first-order valence-electron chi connectivity index (χ1n) is 0.729. The normalized spacial score (nSPS) is 15.8. The van der Waals surface area contributed by atoms with Crippen molar-refractivity contribution in [1.82, 2.24) is 0 Å². The third kappa shape index (κ3) is 59.8. The van der Waals surface area contributed by atoms with Gasteiger partial charge in [0.05, 0.1) is 0 Å². The lowest BCUT2D eigenvalue weighted by molar-refractivity contribution is 0.558. The molecule has 1 atom stereocenters. The minimum absolute atomic E-state index is 0.972. The van der Waals surface area contributed by atoms with E-state index in [1.165, 1.54) is 0 Å². The SMILES string of the molecule is C[S+]([O-])F. The van der Waals surface area contributed by atoms with Crippen LogP contribution in [0.4, 0.5) is 3.89 Å². The minimum Gasteiger partial charge on any atom is -0.581 e. The molecule has 0 aliphatic heterocycles. The average Bonchev–Trinajstić information content (AvgIpc) is 0.811. The fourth-order valence-electron chi connectivity index (χ4n) is 0. The van der Waals surface area contributed by atoms with E-state index in [2.05, 4.69) is 0 Å². The highest BCUT2D eigenvalue weighted by Gasteiger charge is 1.78. The monoisotopic (exact) mass is 82.0 g/mol. The van der Waals surface area contributed by atoms with Crippen LogP contribution in [0.2, 0.25) is 0 Å². The van der Waals surface area contributed by atoms with Crippen molar-refractivity contribution in [3.8, 4) is 0 Å². The highest BCUT2D eigenvalue weighted by molar-refractivity contribution is 7.85. The highest BCUT2D eigenvalue weighted by Crippen LogP contribution is 1.75. The molecule has 0 N–H and O–H groups in total. The van der Waals surface area contributed by atoms with Gasteiger partial charge in [0.25, 0.3) is 0 Å². The van der Waals surface area contributed by atoms with E-state index >= 15 is 0 Å². The predicted molar refractivity (Wildman–Crippen MR) is 15.2 cm³/mol. The fraction of sp³-hybridized carbons (Fsp3) is 1.00. The molecule has 1 nitrogen and oxygen atoms in total. The Balaban J connectivity index is 2.32. The van der Waals surface area contributed by atoms with Crippen molar-refractivity contribution in [3.63, 3.8) is 0 Å². The molecule has 0 spiro atoms. The van der Waals surface area contributed by atoms with E-state index in [4.69, 9.17) is 4.55 Å². The van der Waals surface area contributed by atoms with Gasteiger partial charge in [-0.15, -0.1) is 0 Å². The quantitative estimate of drug-likeness (QED) is 0.384. The van der Waals surface area contributed by atoms with Gasteiger partial charge in [-0.2, -0.15) is 0 Å². The van der Waals surface area contributed by atoms with Crippen LogP contribution < -0.4 is 0 Å². The van der Waals surface area contributed by atoms with Gasteiger partial charge in [-0.25, -0.2) is 0 Å². The largest absolute Gasteiger partial charge is 0.581 e. The topological polar surface area (TPSA) is 23.1 Å². The second-order valence-electron chi connectivity index (χ2n) is 0.384. The Hall–Kier alpha value is 0.240. The molecule has 0 aromatic heterocycles. The molecule has 3 heteroatoms. The summed E-state index contributed by atoms with van der Waals surface area (Å²) in [4.78, 5) is 0. The zero-order valence-electron chi connectivity index (χ0n) is 2.19. The number of rotatable bonds is 0. The van der Waals surface area contributed by atoms with Crippen molar-refractivity contribution in [2.45, 2.75) is 0 Å². The van der Waals surface area contributed by atoms with E-state index in [1.54, 1.807) is 0 Å². The number of hydrogen-bond donors (Lipinski definition) is 0. The zero-order valence-corrected chi connectivity index (χ0v) is 3.01. The average molecular weight is 82.1 g/mol. The van der Waals surface area contributed by atoms with E-state index in [-0.39, 0.29) is 0 Å². The summed E-state index contributed by atoms with van der Waals surface area (Å²) in [6.07, 6.45) is 0.972. The third-order valence-electron chi connectivity index (χ3n) is 0. The fourth-order valence-corrected chi connectivity index (χ4v) is 0. The summed E-state index contributed by atoms with van der Waals surface area (Å²) in [7, 11) is 0. The highest BCUT2D eigenvalue weighted by atomic mass is 32.3. The molecule has 0 aromatic rings. The molecule has 4 heavy (non-hydrogen) atoms. The van der Waals surface area contributed by atoms with Crippen molar-refractivity contribution >= 4 is 11.6 Å². The van der Waals surface area contributed by atoms with Crippen LogP contribution in [0.25, 0.3) is 0 Å². The second kappa shape index (κ2) is 1.55. The van der Waals surface area contributed by atoms with E-state index in [9.17, 15) is 3.89 Å². The summed E-state index contributed by atoms with van der Waals surface area (Å²) < 4.78 is 19.4. The Morgan fingerprint density at radius 2 is 2.00 bits per heavy atom. The second-order valence-corrected chi connectivity index (χ2v) is 1.15. The summed E-state index contributed by atoms with van der Waals surface area (Å²) in [5.74, 6) is 0. The van der Waals surface area contributed by atoms with Crippen LogP contribution in [0.3, 0.4) is 0 Å². The number of hydrogen-bond acceptors (Lipinski definition) is 1. The zero-order chi connectivity index (χ0) is 3.58. The lowest BCUT2D eigenvalue weighted by Crippen LogP contribution is -1.78. The Morgan fingerprint density at radius 1 is 2.00 bits per heavy atom. The Bertz CT molecular complexity index is 12.8. The molecule has 0 heterocycles. The maximum Gasteiger partial charge on any atom is 0.174 e. The van der Waals surface area contributed by atoms with Gasteiger partial charge < -0.3 is 4.55 Å². The standard InChI is InChI=1S/CH3FOS/c1-4(2)3/h1H3. The van der Waals surface area contributed by atoms with Gasteiger partial charge >= 0.3 is 0 Å². The molecule has 0 saturated heterocycles. The summed E-state index contributed by atoms with van der Waals surface area (Å²) >= 11 is -2.11. The van der Waals surface area contributed by atoms with E-state index in [1.807, 2.05) is 0 Å². The molecule has 0 bridgehead atoms. The first-order valence-corrected chi connectivity index (χ1v) is 2.19. The molecular formula is CH3FOS. The molecule has 0 amide bonds. The lowest BCUT2D eigenvalue weighted by Gasteiger charge is -1.76. The maximum absolute atomic E-state index is 10.5. The summed E-state index contributed by atoms with van der Waals surface area (Å²) in [5.41, 5.74) is 0. The first kappa shape index (κ1) is 4.24. The van der Waals surface area contributed by atoms with Gasteiger partial charge in [0.2, 0.25) is 0 Å². The van der Waals surface area contributed by atoms with Gasteiger partial charge in [0.1, 0.15) is 6.26 Å². The van der Waals surface area contributed by atoms with Crippen molar-refractivity contribution in [3.05, 3.63) is 0 Å². The van der Waals surface area contributed by atoms with Crippen molar-refractivity contribution < 1.29 is 8.44 Å². The van der Waals surface area contributed by atoms with Crippen molar-refractivity contribution in [1.29, 1.82) is 0 Å². The van der Waals surface area contributed by atoms with Crippen LogP contribution in [0, 0.1) is 0 Å². The van der Waals surface area contributed by atoms with Crippen LogP contribution in [0.15, 0.2) is 0 Å². The molecule has 0 rings (SSSR count). The Kier molecular flexibility index (Phi) is 1.64. The molecule has 0 saturated carbocycles. The Labute approximate surface area is 27.3 Å². The molecule has 1 unspecified atom stereocenters. The molecule has 0 aliphatic carbocycles. The molecule has 0 fully saturated rings. The van der Waals surface area contributed by atoms with E-state index < -0.39 is 11.6 Å². The predicted octanol–water partition coefficient (Wildman–Crippen LogP) is 0.249. The van der Waals surface area contributed by atoms with Crippen LogP contribution in [0.5, 0.6) is 0 Å². The summed E-state index contributed by atoms with van der Waals surface area (Å²) in [6.45, 7) is 0. The maximum atomic E-state index is 10.5. The molecule has 0 aromatic carbocycles. The molecule has 0 aliphatic rings. The lowest BCUT2D eigenvalue weighted by atomic mass is 12.0. The van der Waals surface area contributed by atoms with E-state index in [0.29, 0.717) is 0 Å². The molecular weight excluding hydrogens is 79.1 g/mol. The first-order chi connectivity index (χ1) is 1.73. The van der Waals surface area contributed by atoms with Crippen molar-refractivity contribution in [2.75, 3.05) is 6.26 Å². The van der Waals surface area contributed by atoms with Gasteiger partial charge in [0, 0.05) is 3.89 Å². The van der Waals surface area contributed by atoms with E-state index in [0.717, 1.165) is 6.26 Å². The van der Waals surface area contributed by atoms with Gasteiger partial charge in [-0.3, -0.25) is 0 Å². The van der Waals surface area contributed by atoms with Gasteiger partial charge in [0.15, 0.2) is 11.6 Å². The molecule has 0 radical (unpaired) electrons. The summed E-state index contributed by atoms with van der Waals surface area (Å²) in [5, 5.41) is 0. The third-order valence-corrected chi connectivity index (χ3v) is 0. The van der Waals surface area contributed by atoms with Crippen LogP contribution in [0.1, 0.15) is 0 Å². The minimum atomic E-state index is -2.11. The Morgan fingerprint density at radius 3 is 2.00 bits per heavy atom. The van der Waals surface area contributed by atoms with Crippen LogP contribution in [-0.2, 0) is 11.6 Å². The van der Waals surface area contributed by atoms with Gasteiger partial charge in [-0.1, -0.05) is 0 Å². The van der Waals surface area contributed by atoms with Crippen molar-refractivity contribution in [2.24, 2.45) is 0 Å². The summed E-state index contributed by atoms with van der Waals surface area (Å²) in [6, 6.07) is 0. The molecule has 26 valence electrons. The van der Waals surface area contributed by atoms with Crippen LogP contribution >= 0.6 is 0 Å². The number of halogens is 1. The van der Waals surface area contributed by atoms with Crippen LogP contribution in [-0.4, -0.2) is 10.8 Å². The van der Waals surface area contributed by atoms with Gasteiger partial charge in [-0.05, 0) is 0 Å². The smallest absolute Gasteiger partial charge is 0.174 e.